The van der Waals surface area contributed by atoms with Crippen LogP contribution in [0.25, 0.3) is 0 Å². The molecular formula is C42H75O10P. The van der Waals surface area contributed by atoms with Crippen LogP contribution in [-0.2, 0) is 32.7 Å². The molecule has 0 aromatic rings. The van der Waals surface area contributed by atoms with E-state index in [0.717, 1.165) is 44.9 Å². The Morgan fingerprint density at radius 3 is 1.53 bits per heavy atom. The van der Waals surface area contributed by atoms with Crippen LogP contribution in [0.5, 0.6) is 0 Å². The lowest BCUT2D eigenvalue weighted by atomic mass is 10.0. The number of esters is 2. The van der Waals surface area contributed by atoms with Crippen molar-refractivity contribution in [3.63, 3.8) is 0 Å². The van der Waals surface area contributed by atoms with Gasteiger partial charge < -0.3 is 24.6 Å². The fourth-order valence-electron chi connectivity index (χ4n) is 5.28. The monoisotopic (exact) mass is 771 g/mol. The summed E-state index contributed by atoms with van der Waals surface area (Å²) < 4.78 is 32.6. The third-order valence-electron chi connectivity index (χ3n) is 8.49. The zero-order valence-corrected chi connectivity index (χ0v) is 34.1. The van der Waals surface area contributed by atoms with E-state index >= 15 is 0 Å². The number of unbranched alkanes of at least 4 members (excludes halogenated alkanes) is 16. The molecule has 0 aliphatic rings. The minimum absolute atomic E-state index is 0.109. The first kappa shape index (κ1) is 50.9. The molecule has 0 rings (SSSR count). The Labute approximate surface area is 322 Å². The lowest BCUT2D eigenvalue weighted by Gasteiger charge is -2.20. The van der Waals surface area contributed by atoms with Gasteiger partial charge in [-0.2, -0.15) is 0 Å². The fourth-order valence-corrected chi connectivity index (χ4v) is 6.07. The smallest absolute Gasteiger partial charge is 0.462 e. The number of aliphatic hydroxyl groups excluding tert-OH is 2. The first-order valence-electron chi connectivity index (χ1n) is 20.6. The maximum absolute atomic E-state index is 12.6. The second kappa shape index (κ2) is 38.2. The summed E-state index contributed by atoms with van der Waals surface area (Å²) in [5, 5.41) is 18.3. The number of ether oxygens (including phenoxy) is 2. The minimum Gasteiger partial charge on any atom is -0.462 e. The van der Waals surface area contributed by atoms with Crippen LogP contribution in [0.3, 0.4) is 0 Å². The van der Waals surface area contributed by atoms with E-state index in [9.17, 15) is 24.2 Å². The van der Waals surface area contributed by atoms with Gasteiger partial charge in [0.05, 0.1) is 19.8 Å². The Hall–Kier alpha value is -2.07. The average molecular weight is 771 g/mol. The molecule has 0 heterocycles. The summed E-state index contributed by atoms with van der Waals surface area (Å²) in [6.07, 6.45) is 39.4. The molecule has 53 heavy (non-hydrogen) atoms. The first-order chi connectivity index (χ1) is 25.7. The molecule has 308 valence electrons. The summed E-state index contributed by atoms with van der Waals surface area (Å²) in [6.45, 7) is 2.28. The molecule has 0 bridgehead atoms. The van der Waals surface area contributed by atoms with Crippen molar-refractivity contribution in [3.8, 4) is 0 Å². The molecule has 3 N–H and O–H groups in total. The Balaban J connectivity index is 4.43. The maximum atomic E-state index is 12.6. The molecule has 0 spiro atoms. The highest BCUT2D eigenvalue weighted by Crippen LogP contribution is 2.43. The molecule has 0 aromatic carbocycles. The second-order valence-corrected chi connectivity index (χ2v) is 15.1. The molecular weight excluding hydrogens is 695 g/mol. The van der Waals surface area contributed by atoms with Crippen molar-refractivity contribution in [2.75, 3.05) is 26.4 Å². The van der Waals surface area contributed by atoms with Gasteiger partial charge in [0, 0.05) is 12.8 Å². The van der Waals surface area contributed by atoms with Crippen molar-refractivity contribution in [1.82, 2.24) is 0 Å². The van der Waals surface area contributed by atoms with Gasteiger partial charge in [-0.3, -0.25) is 18.6 Å². The summed E-state index contributed by atoms with van der Waals surface area (Å²) >= 11 is 0. The lowest BCUT2D eigenvalue weighted by molar-refractivity contribution is -0.161. The molecule has 1 unspecified atom stereocenters. The molecule has 0 aliphatic heterocycles. The van der Waals surface area contributed by atoms with Gasteiger partial charge in [-0.1, -0.05) is 152 Å². The number of aliphatic hydroxyl groups is 2. The summed E-state index contributed by atoms with van der Waals surface area (Å²) in [6, 6.07) is 0. The Morgan fingerprint density at radius 2 is 1.00 bits per heavy atom. The van der Waals surface area contributed by atoms with Gasteiger partial charge in [-0.15, -0.1) is 0 Å². The molecule has 3 atom stereocenters. The fraction of sp³-hybridized carbons (Fsp3) is 0.762. The zero-order valence-electron chi connectivity index (χ0n) is 33.2. The van der Waals surface area contributed by atoms with E-state index in [-0.39, 0.29) is 19.4 Å². The largest absolute Gasteiger partial charge is 0.472 e. The van der Waals surface area contributed by atoms with Crippen LogP contribution >= 0.6 is 7.82 Å². The van der Waals surface area contributed by atoms with Crippen LogP contribution in [-0.4, -0.2) is 65.7 Å². The quantitative estimate of drug-likeness (QED) is 0.0240. The number of hydrogen-bond donors (Lipinski definition) is 3. The molecule has 10 nitrogen and oxygen atoms in total. The topological polar surface area (TPSA) is 149 Å². The normalized spacial score (nSPS) is 14.4. The lowest BCUT2D eigenvalue weighted by Crippen LogP contribution is -2.29. The number of carbonyl (C=O) groups excluding carboxylic acids is 2. The minimum atomic E-state index is -4.63. The van der Waals surface area contributed by atoms with Gasteiger partial charge in [0.1, 0.15) is 12.7 Å². The highest BCUT2D eigenvalue weighted by molar-refractivity contribution is 7.47. The zero-order chi connectivity index (χ0) is 39.1. The molecule has 0 amide bonds. The number of phosphoric acid groups is 1. The molecule has 0 saturated heterocycles. The number of rotatable bonds is 38. The molecule has 0 saturated carbocycles. The van der Waals surface area contributed by atoms with Crippen LogP contribution in [0, 0.1) is 0 Å². The maximum Gasteiger partial charge on any atom is 0.472 e. The standard InChI is InChI=1S/C42H75O10P/c1-3-5-7-9-11-13-15-17-18-19-20-22-24-26-28-30-32-34-42(46)52-40(38-51-53(47,48)50-36-39(44)35-43)37-49-41(45)33-31-29-27-25-23-21-16-14-12-10-8-6-4-2/h11,13,17-18,20,22,26,28,39-40,43-44H,3-10,12,14-16,19,21,23-25,27,29-38H2,1-2H3,(H,47,48)/b13-11+,18-17+,22-20+,28-26+/t39-,40+/m0/s1. The third kappa shape index (κ3) is 38.0. The summed E-state index contributed by atoms with van der Waals surface area (Å²) in [4.78, 5) is 34.9. The van der Waals surface area contributed by atoms with Gasteiger partial charge in [-0.05, 0) is 51.4 Å². The van der Waals surface area contributed by atoms with E-state index in [1.165, 1.54) is 77.0 Å². The van der Waals surface area contributed by atoms with E-state index in [0.29, 0.717) is 19.3 Å². The molecule has 0 aliphatic carbocycles. The third-order valence-corrected chi connectivity index (χ3v) is 9.44. The molecule has 11 heteroatoms. The van der Waals surface area contributed by atoms with Crippen LogP contribution in [0.15, 0.2) is 48.6 Å². The van der Waals surface area contributed by atoms with Crippen molar-refractivity contribution < 1.29 is 47.8 Å². The predicted octanol–water partition coefficient (Wildman–Crippen LogP) is 10.6. The van der Waals surface area contributed by atoms with Crippen molar-refractivity contribution in [2.24, 2.45) is 0 Å². The highest BCUT2D eigenvalue weighted by Gasteiger charge is 2.27. The van der Waals surface area contributed by atoms with Crippen molar-refractivity contribution in [3.05, 3.63) is 48.6 Å². The molecule has 0 radical (unpaired) electrons. The van der Waals surface area contributed by atoms with Gasteiger partial charge in [0.15, 0.2) is 6.10 Å². The van der Waals surface area contributed by atoms with Crippen molar-refractivity contribution >= 4 is 19.8 Å². The predicted molar refractivity (Wildman–Crippen MR) is 214 cm³/mol. The molecule has 0 fully saturated rings. The Morgan fingerprint density at radius 1 is 0.566 bits per heavy atom. The molecule has 0 aromatic heterocycles. The Bertz CT molecular complexity index is 1030. The van der Waals surface area contributed by atoms with Crippen LogP contribution in [0.4, 0.5) is 0 Å². The van der Waals surface area contributed by atoms with E-state index in [2.05, 4.69) is 54.8 Å². The average Bonchev–Trinajstić information content (AvgIpc) is 3.14. The summed E-state index contributed by atoms with van der Waals surface area (Å²) in [5.41, 5.74) is 0. The van der Waals surface area contributed by atoms with E-state index < -0.39 is 51.8 Å². The number of allylic oxidation sites excluding steroid dienone is 8. The van der Waals surface area contributed by atoms with Gasteiger partial charge in [0.2, 0.25) is 0 Å². The van der Waals surface area contributed by atoms with Gasteiger partial charge in [-0.25, -0.2) is 4.57 Å². The van der Waals surface area contributed by atoms with E-state index in [1.807, 2.05) is 12.2 Å². The number of phosphoric ester groups is 1. The number of carbonyl (C=O) groups is 2. The highest BCUT2D eigenvalue weighted by atomic mass is 31.2. The summed E-state index contributed by atoms with van der Waals surface area (Å²) in [5.74, 6) is -0.990. The van der Waals surface area contributed by atoms with E-state index in [4.69, 9.17) is 19.1 Å². The van der Waals surface area contributed by atoms with Crippen LogP contribution < -0.4 is 0 Å². The van der Waals surface area contributed by atoms with Crippen molar-refractivity contribution in [2.45, 2.75) is 180 Å². The summed E-state index contributed by atoms with van der Waals surface area (Å²) in [7, 11) is -4.63. The Kier molecular flexibility index (Phi) is 36.7. The van der Waals surface area contributed by atoms with E-state index in [1.54, 1.807) is 0 Å². The van der Waals surface area contributed by atoms with Crippen LogP contribution in [0.2, 0.25) is 0 Å². The number of hydrogen-bond acceptors (Lipinski definition) is 9. The second-order valence-electron chi connectivity index (χ2n) is 13.7. The SMILES string of the molecule is CCCCC/C=C/C/C=C/C/C=C/C/C=C/CCCC(=O)O[C@H](COC(=O)CCCCCCCCCCCCCCC)COP(=O)(O)OC[C@@H](O)CO. The van der Waals surface area contributed by atoms with Crippen molar-refractivity contribution in [1.29, 1.82) is 0 Å². The van der Waals surface area contributed by atoms with Crippen LogP contribution in [0.1, 0.15) is 168 Å². The van der Waals surface area contributed by atoms with Gasteiger partial charge in [0.25, 0.3) is 0 Å². The first-order valence-corrected chi connectivity index (χ1v) is 22.1. The van der Waals surface area contributed by atoms with Gasteiger partial charge >= 0.3 is 19.8 Å².